The molecule has 0 unspecified atom stereocenters. The fourth-order valence-electron chi connectivity index (χ4n) is 3.27. The summed E-state index contributed by atoms with van der Waals surface area (Å²) in [5.74, 6) is 0.983. The second-order valence-corrected chi connectivity index (χ2v) is 7.11. The molecule has 0 spiro atoms. The van der Waals surface area contributed by atoms with Crippen LogP contribution in [0.25, 0.3) is 11.0 Å². The summed E-state index contributed by atoms with van der Waals surface area (Å²) in [6.45, 7) is 2.71. The number of nitrogens with one attached hydrogen (secondary N) is 1. The SMILES string of the molecule is Cc1cccc(OCc2nc3ccccc3n2CC(=O)NCc2ccc(F)cc2)c1. The molecule has 0 bridgehead atoms. The summed E-state index contributed by atoms with van der Waals surface area (Å²) in [5, 5.41) is 2.88. The number of rotatable bonds is 7. The van der Waals surface area contributed by atoms with E-state index in [9.17, 15) is 9.18 Å². The van der Waals surface area contributed by atoms with E-state index in [1.165, 1.54) is 12.1 Å². The molecular formula is C24H22FN3O2. The smallest absolute Gasteiger partial charge is 0.240 e. The lowest BCUT2D eigenvalue weighted by Crippen LogP contribution is -2.28. The number of carbonyl (C=O) groups is 1. The number of carbonyl (C=O) groups excluding carboxylic acids is 1. The molecule has 0 aliphatic heterocycles. The van der Waals surface area contributed by atoms with Gasteiger partial charge in [-0.3, -0.25) is 4.79 Å². The lowest BCUT2D eigenvalue weighted by Gasteiger charge is -2.11. The third-order valence-electron chi connectivity index (χ3n) is 4.80. The third-order valence-corrected chi connectivity index (χ3v) is 4.80. The standard InChI is InChI=1S/C24H22FN3O2/c1-17-5-4-6-20(13-17)30-16-23-27-21-7-2-3-8-22(21)28(23)15-24(29)26-14-18-9-11-19(25)12-10-18/h2-13H,14-16H2,1H3,(H,26,29). The molecule has 0 saturated carbocycles. The lowest BCUT2D eigenvalue weighted by atomic mass is 10.2. The van der Waals surface area contributed by atoms with Crippen molar-refractivity contribution in [2.75, 3.05) is 0 Å². The van der Waals surface area contributed by atoms with Crippen LogP contribution in [0.4, 0.5) is 4.39 Å². The average Bonchev–Trinajstić information content (AvgIpc) is 3.09. The summed E-state index contributed by atoms with van der Waals surface area (Å²) < 4.78 is 20.8. The van der Waals surface area contributed by atoms with Gasteiger partial charge in [-0.15, -0.1) is 0 Å². The Bertz CT molecular complexity index is 1170. The number of halogens is 1. The Kier molecular flexibility index (Phi) is 5.75. The van der Waals surface area contributed by atoms with Gasteiger partial charge >= 0.3 is 0 Å². The molecule has 0 atom stereocenters. The zero-order valence-corrected chi connectivity index (χ0v) is 16.6. The molecule has 0 saturated heterocycles. The molecule has 30 heavy (non-hydrogen) atoms. The monoisotopic (exact) mass is 403 g/mol. The molecule has 1 amide bonds. The van der Waals surface area contributed by atoms with Crippen LogP contribution in [-0.2, 0) is 24.5 Å². The second-order valence-electron chi connectivity index (χ2n) is 7.11. The molecule has 0 aliphatic rings. The number of aromatic nitrogens is 2. The summed E-state index contributed by atoms with van der Waals surface area (Å²) in [7, 11) is 0. The summed E-state index contributed by atoms with van der Waals surface area (Å²) in [5.41, 5.74) is 3.63. The second kappa shape index (κ2) is 8.78. The Labute approximate surface area is 174 Å². The Hall–Kier alpha value is -3.67. The number of hydrogen-bond acceptors (Lipinski definition) is 3. The minimum Gasteiger partial charge on any atom is -0.486 e. The van der Waals surface area contributed by atoms with Crippen molar-refractivity contribution in [2.45, 2.75) is 26.6 Å². The molecule has 1 N–H and O–H groups in total. The number of hydrogen-bond donors (Lipinski definition) is 1. The molecule has 0 fully saturated rings. The van der Waals surface area contributed by atoms with Gasteiger partial charge in [-0.1, -0.05) is 36.4 Å². The molecule has 1 heterocycles. The van der Waals surface area contributed by atoms with Crippen LogP contribution in [0.5, 0.6) is 5.75 Å². The first-order chi connectivity index (χ1) is 14.6. The van der Waals surface area contributed by atoms with E-state index in [1.54, 1.807) is 12.1 Å². The topological polar surface area (TPSA) is 56.2 Å². The van der Waals surface area contributed by atoms with Gasteiger partial charge < -0.3 is 14.6 Å². The molecule has 5 nitrogen and oxygen atoms in total. The van der Waals surface area contributed by atoms with Crippen LogP contribution in [0.15, 0.2) is 72.8 Å². The van der Waals surface area contributed by atoms with E-state index in [0.717, 1.165) is 27.9 Å². The van der Waals surface area contributed by atoms with E-state index < -0.39 is 0 Å². The van der Waals surface area contributed by atoms with Crippen LogP contribution in [0.2, 0.25) is 0 Å². The van der Waals surface area contributed by atoms with Gasteiger partial charge in [0.05, 0.1) is 11.0 Å². The van der Waals surface area contributed by atoms with Crippen LogP contribution in [0.1, 0.15) is 17.0 Å². The average molecular weight is 403 g/mol. The van der Waals surface area contributed by atoms with Crippen LogP contribution in [0.3, 0.4) is 0 Å². The van der Waals surface area contributed by atoms with Crippen molar-refractivity contribution >= 4 is 16.9 Å². The van der Waals surface area contributed by atoms with Gasteiger partial charge in [-0.25, -0.2) is 9.37 Å². The van der Waals surface area contributed by atoms with E-state index in [4.69, 9.17) is 4.74 Å². The quantitative estimate of drug-likeness (QED) is 0.498. The third kappa shape index (κ3) is 4.66. The Morgan fingerprint density at radius 1 is 1.07 bits per heavy atom. The minimum absolute atomic E-state index is 0.119. The van der Waals surface area contributed by atoms with Crippen LogP contribution >= 0.6 is 0 Å². The number of imidazole rings is 1. The molecule has 6 heteroatoms. The Balaban J connectivity index is 1.49. The maximum atomic E-state index is 13.0. The van der Waals surface area contributed by atoms with Crippen molar-refractivity contribution in [1.82, 2.24) is 14.9 Å². The number of ether oxygens (including phenoxy) is 1. The summed E-state index contributed by atoms with van der Waals surface area (Å²) in [6, 6.07) is 21.6. The summed E-state index contributed by atoms with van der Waals surface area (Å²) >= 11 is 0. The first-order valence-corrected chi connectivity index (χ1v) is 9.73. The van der Waals surface area contributed by atoms with Gasteiger partial charge in [0.25, 0.3) is 0 Å². The highest BCUT2D eigenvalue weighted by molar-refractivity contribution is 5.81. The van der Waals surface area contributed by atoms with E-state index in [-0.39, 0.29) is 24.9 Å². The molecule has 0 radical (unpaired) electrons. The molecule has 1 aromatic heterocycles. The molecule has 3 aromatic carbocycles. The van der Waals surface area contributed by atoms with Crippen LogP contribution < -0.4 is 10.1 Å². The van der Waals surface area contributed by atoms with Gasteiger partial charge in [0.1, 0.15) is 30.5 Å². The highest BCUT2D eigenvalue weighted by Crippen LogP contribution is 2.19. The molecule has 152 valence electrons. The lowest BCUT2D eigenvalue weighted by molar-refractivity contribution is -0.121. The number of para-hydroxylation sites is 2. The van der Waals surface area contributed by atoms with Gasteiger partial charge in [-0.05, 0) is 54.4 Å². The molecular weight excluding hydrogens is 381 g/mol. The number of nitrogens with zero attached hydrogens (tertiary/aromatic N) is 2. The van der Waals surface area contributed by atoms with Gasteiger partial charge in [0.2, 0.25) is 5.91 Å². The Morgan fingerprint density at radius 2 is 1.87 bits per heavy atom. The summed E-state index contributed by atoms with van der Waals surface area (Å²) in [6.07, 6.45) is 0. The zero-order chi connectivity index (χ0) is 20.9. The summed E-state index contributed by atoms with van der Waals surface area (Å²) in [4.78, 5) is 17.2. The van der Waals surface area contributed by atoms with Crippen molar-refractivity contribution in [2.24, 2.45) is 0 Å². The van der Waals surface area contributed by atoms with Gasteiger partial charge in [0, 0.05) is 6.54 Å². The highest BCUT2D eigenvalue weighted by atomic mass is 19.1. The first kappa shape index (κ1) is 19.6. The van der Waals surface area contributed by atoms with E-state index in [1.807, 2.05) is 60.0 Å². The van der Waals surface area contributed by atoms with Crippen molar-refractivity contribution in [3.63, 3.8) is 0 Å². The highest BCUT2D eigenvalue weighted by Gasteiger charge is 2.14. The van der Waals surface area contributed by atoms with Crippen LogP contribution in [-0.4, -0.2) is 15.5 Å². The van der Waals surface area contributed by atoms with Crippen molar-refractivity contribution in [1.29, 1.82) is 0 Å². The van der Waals surface area contributed by atoms with E-state index in [2.05, 4.69) is 10.3 Å². The van der Waals surface area contributed by atoms with Gasteiger partial charge in [-0.2, -0.15) is 0 Å². The molecule has 0 aliphatic carbocycles. The zero-order valence-electron chi connectivity index (χ0n) is 16.6. The van der Waals surface area contributed by atoms with Crippen molar-refractivity contribution < 1.29 is 13.9 Å². The van der Waals surface area contributed by atoms with E-state index in [0.29, 0.717) is 12.4 Å². The predicted molar refractivity (Wildman–Crippen MR) is 113 cm³/mol. The van der Waals surface area contributed by atoms with E-state index >= 15 is 0 Å². The fourth-order valence-corrected chi connectivity index (χ4v) is 3.27. The predicted octanol–water partition coefficient (Wildman–Crippen LogP) is 4.38. The maximum Gasteiger partial charge on any atom is 0.240 e. The molecule has 4 aromatic rings. The number of amides is 1. The Morgan fingerprint density at radius 3 is 2.67 bits per heavy atom. The largest absolute Gasteiger partial charge is 0.486 e. The van der Waals surface area contributed by atoms with Crippen molar-refractivity contribution in [3.05, 3.63) is 95.6 Å². The number of fused-ring (bicyclic) bond motifs is 1. The number of aryl methyl sites for hydroxylation is 1. The molecule has 4 rings (SSSR count). The number of benzene rings is 3. The minimum atomic E-state index is -0.298. The van der Waals surface area contributed by atoms with Crippen molar-refractivity contribution in [3.8, 4) is 5.75 Å². The first-order valence-electron chi connectivity index (χ1n) is 9.73. The maximum absolute atomic E-state index is 13.0. The van der Waals surface area contributed by atoms with Crippen LogP contribution in [0, 0.1) is 12.7 Å². The fraction of sp³-hybridized carbons (Fsp3) is 0.167. The normalized spacial score (nSPS) is 10.9. The van der Waals surface area contributed by atoms with Gasteiger partial charge in [0.15, 0.2) is 0 Å².